The molecule has 0 atom stereocenters. The molecule has 1 amide bonds. The van der Waals surface area contributed by atoms with E-state index in [1.165, 1.54) is 0 Å². The Labute approximate surface area is 86.2 Å². The summed E-state index contributed by atoms with van der Waals surface area (Å²) in [5.74, 6) is -1.54. The van der Waals surface area contributed by atoms with Gasteiger partial charge in [0.1, 0.15) is 0 Å². The first-order valence-corrected chi connectivity index (χ1v) is 4.72. The van der Waals surface area contributed by atoms with Crippen molar-refractivity contribution in [3.8, 4) is 0 Å². The number of benzene rings is 1. The van der Waals surface area contributed by atoms with Gasteiger partial charge >= 0.3 is 0 Å². The molecule has 0 unspecified atom stereocenters. The van der Waals surface area contributed by atoms with Gasteiger partial charge in [0.05, 0.1) is 18.9 Å². The molecule has 3 rings (SSSR count). The molecule has 2 aliphatic heterocycles. The third kappa shape index (κ3) is 1.01. The Balaban J connectivity index is 2.19. The van der Waals surface area contributed by atoms with E-state index in [0.29, 0.717) is 30.2 Å². The maximum Gasteiger partial charge on any atom is 0.289 e. The zero-order chi connectivity index (χ0) is 10.5. The maximum absolute atomic E-state index is 11.8. The second-order valence-corrected chi connectivity index (χ2v) is 3.57. The van der Waals surface area contributed by atoms with Crippen LogP contribution in [0.25, 0.3) is 0 Å². The Morgan fingerprint density at radius 3 is 2.80 bits per heavy atom. The Bertz CT molecular complexity index is 438. The number of anilines is 2. The lowest BCUT2D eigenvalue weighted by Crippen LogP contribution is -2.35. The number of nitrogens with one attached hydrogen (secondary N) is 1. The highest BCUT2D eigenvalue weighted by Gasteiger charge is 2.52. The van der Waals surface area contributed by atoms with Gasteiger partial charge < -0.3 is 20.5 Å². The van der Waals surface area contributed by atoms with Crippen LogP contribution in [-0.4, -0.2) is 19.1 Å². The summed E-state index contributed by atoms with van der Waals surface area (Å²) in [6, 6.07) is 5.19. The summed E-state index contributed by atoms with van der Waals surface area (Å²) < 4.78 is 10.8. The van der Waals surface area contributed by atoms with Gasteiger partial charge in [0.2, 0.25) is 0 Å². The van der Waals surface area contributed by atoms with Crippen molar-refractivity contribution in [1.29, 1.82) is 0 Å². The molecule has 78 valence electrons. The summed E-state index contributed by atoms with van der Waals surface area (Å²) in [6.45, 7) is 0.837. The van der Waals surface area contributed by atoms with Crippen molar-refractivity contribution in [2.45, 2.75) is 5.79 Å². The molecule has 1 fully saturated rings. The van der Waals surface area contributed by atoms with Gasteiger partial charge in [-0.25, -0.2) is 0 Å². The highest BCUT2D eigenvalue weighted by atomic mass is 16.7. The van der Waals surface area contributed by atoms with Gasteiger partial charge in [-0.2, -0.15) is 0 Å². The number of ether oxygens (including phenoxy) is 2. The lowest BCUT2D eigenvalue weighted by molar-refractivity contribution is -0.178. The van der Waals surface area contributed by atoms with E-state index in [-0.39, 0.29) is 5.91 Å². The maximum atomic E-state index is 11.8. The predicted octanol–water partition coefficient (Wildman–Crippen LogP) is 0.420. The number of fused-ring (bicyclic) bond motifs is 2. The average molecular weight is 206 g/mol. The molecule has 15 heavy (non-hydrogen) atoms. The first kappa shape index (κ1) is 8.70. The lowest BCUT2D eigenvalue weighted by atomic mass is 10.1. The molecule has 0 aromatic heterocycles. The van der Waals surface area contributed by atoms with E-state index >= 15 is 0 Å². The summed E-state index contributed by atoms with van der Waals surface area (Å²) in [4.78, 5) is 11.8. The van der Waals surface area contributed by atoms with Crippen molar-refractivity contribution < 1.29 is 14.3 Å². The van der Waals surface area contributed by atoms with E-state index < -0.39 is 5.79 Å². The normalized spacial score (nSPS) is 21.7. The first-order valence-electron chi connectivity index (χ1n) is 4.72. The number of hydrogen-bond acceptors (Lipinski definition) is 4. The van der Waals surface area contributed by atoms with Crippen molar-refractivity contribution in [3.63, 3.8) is 0 Å². The van der Waals surface area contributed by atoms with E-state index in [1.807, 2.05) is 0 Å². The number of nitrogen functional groups attached to an aromatic ring is 1. The molecule has 1 saturated heterocycles. The molecule has 5 heteroatoms. The molecule has 1 spiro atoms. The molecule has 0 radical (unpaired) electrons. The van der Waals surface area contributed by atoms with E-state index in [0.717, 1.165) is 0 Å². The number of amides is 1. The highest BCUT2D eigenvalue weighted by Crippen LogP contribution is 2.42. The van der Waals surface area contributed by atoms with Crippen LogP contribution in [0.1, 0.15) is 5.56 Å². The quantitative estimate of drug-likeness (QED) is 0.603. The molecular formula is C10H10N2O3. The third-order valence-electron chi connectivity index (χ3n) is 2.64. The second-order valence-electron chi connectivity index (χ2n) is 3.57. The van der Waals surface area contributed by atoms with Crippen LogP contribution >= 0.6 is 0 Å². The number of carbonyl (C=O) groups excluding carboxylic acids is 1. The van der Waals surface area contributed by atoms with Crippen LogP contribution < -0.4 is 11.1 Å². The van der Waals surface area contributed by atoms with Gasteiger partial charge in [0, 0.05) is 11.3 Å². The zero-order valence-corrected chi connectivity index (χ0v) is 7.95. The Morgan fingerprint density at radius 2 is 2.07 bits per heavy atom. The average Bonchev–Trinajstić information content (AvgIpc) is 2.78. The number of carbonyl (C=O) groups is 1. The highest BCUT2D eigenvalue weighted by molar-refractivity contribution is 6.04. The molecule has 5 nitrogen and oxygen atoms in total. The van der Waals surface area contributed by atoms with Gasteiger partial charge in [-0.1, -0.05) is 0 Å². The minimum atomic E-state index is -1.26. The lowest BCUT2D eigenvalue weighted by Gasteiger charge is -2.19. The van der Waals surface area contributed by atoms with E-state index in [2.05, 4.69) is 5.32 Å². The summed E-state index contributed by atoms with van der Waals surface area (Å²) in [5.41, 5.74) is 7.64. The monoisotopic (exact) mass is 206 g/mol. The Hall–Kier alpha value is -1.59. The van der Waals surface area contributed by atoms with Gasteiger partial charge in [-0.15, -0.1) is 0 Å². The second kappa shape index (κ2) is 2.71. The van der Waals surface area contributed by atoms with E-state index in [1.54, 1.807) is 18.2 Å². The van der Waals surface area contributed by atoms with Crippen LogP contribution in [0.3, 0.4) is 0 Å². The van der Waals surface area contributed by atoms with Crippen molar-refractivity contribution in [2.75, 3.05) is 24.3 Å². The smallest absolute Gasteiger partial charge is 0.289 e. The molecule has 0 bridgehead atoms. The largest absolute Gasteiger partial charge is 0.399 e. The van der Waals surface area contributed by atoms with Crippen LogP contribution in [0.4, 0.5) is 11.4 Å². The standard InChI is InChI=1S/C10H10N2O3/c11-6-1-2-8-7(5-6)10(9(13)12-8)14-3-4-15-10/h1-2,5H,3-4,11H2,(H,12,13). The SMILES string of the molecule is Nc1ccc2c(c1)C1(OCCO1)C(=O)N2. The molecule has 2 aliphatic rings. The van der Waals surface area contributed by atoms with Crippen LogP contribution in [0.5, 0.6) is 0 Å². The molecule has 0 aliphatic carbocycles. The van der Waals surface area contributed by atoms with Gasteiger partial charge in [-0.3, -0.25) is 4.79 Å². The molecule has 0 saturated carbocycles. The molecule has 1 aromatic carbocycles. The van der Waals surface area contributed by atoms with Crippen molar-refractivity contribution in [2.24, 2.45) is 0 Å². The minimum Gasteiger partial charge on any atom is -0.399 e. The fourth-order valence-corrected chi connectivity index (χ4v) is 1.97. The van der Waals surface area contributed by atoms with Crippen molar-refractivity contribution in [3.05, 3.63) is 23.8 Å². The van der Waals surface area contributed by atoms with E-state index in [9.17, 15) is 4.79 Å². The van der Waals surface area contributed by atoms with Crippen LogP contribution in [-0.2, 0) is 20.1 Å². The fourth-order valence-electron chi connectivity index (χ4n) is 1.97. The summed E-state index contributed by atoms with van der Waals surface area (Å²) in [7, 11) is 0. The predicted molar refractivity (Wildman–Crippen MR) is 53.1 cm³/mol. The molecular weight excluding hydrogens is 196 g/mol. The number of hydrogen-bond donors (Lipinski definition) is 2. The fraction of sp³-hybridized carbons (Fsp3) is 0.300. The summed E-state index contributed by atoms with van der Waals surface area (Å²) in [6.07, 6.45) is 0. The van der Waals surface area contributed by atoms with Crippen molar-refractivity contribution >= 4 is 17.3 Å². The number of nitrogens with two attached hydrogens (primary N) is 1. The van der Waals surface area contributed by atoms with Crippen molar-refractivity contribution in [1.82, 2.24) is 0 Å². The van der Waals surface area contributed by atoms with Crippen LogP contribution in [0.2, 0.25) is 0 Å². The van der Waals surface area contributed by atoms with Gasteiger partial charge in [-0.05, 0) is 18.2 Å². The minimum absolute atomic E-state index is 0.277. The third-order valence-corrected chi connectivity index (χ3v) is 2.64. The first-order chi connectivity index (χ1) is 7.22. The summed E-state index contributed by atoms with van der Waals surface area (Å²) in [5, 5.41) is 2.71. The Kier molecular flexibility index (Phi) is 1.57. The molecule has 2 heterocycles. The van der Waals surface area contributed by atoms with Gasteiger partial charge in [0.25, 0.3) is 11.7 Å². The van der Waals surface area contributed by atoms with Crippen LogP contribution in [0, 0.1) is 0 Å². The van der Waals surface area contributed by atoms with E-state index in [4.69, 9.17) is 15.2 Å². The Morgan fingerprint density at radius 1 is 1.33 bits per heavy atom. The van der Waals surface area contributed by atoms with Gasteiger partial charge in [0.15, 0.2) is 0 Å². The number of rotatable bonds is 0. The topological polar surface area (TPSA) is 73.6 Å². The zero-order valence-electron chi connectivity index (χ0n) is 7.95. The molecule has 1 aromatic rings. The molecule has 3 N–H and O–H groups in total. The van der Waals surface area contributed by atoms with Crippen LogP contribution in [0.15, 0.2) is 18.2 Å². The summed E-state index contributed by atoms with van der Waals surface area (Å²) >= 11 is 0.